The highest BCUT2D eigenvalue weighted by Gasteiger charge is 2.08. The molecule has 1 aromatic heterocycles. The quantitative estimate of drug-likeness (QED) is 0.842. The third-order valence-electron chi connectivity index (χ3n) is 2.93. The largest absolute Gasteiger partial charge is 0.354 e. The summed E-state index contributed by atoms with van der Waals surface area (Å²) in [6, 6.07) is 7.81. The summed E-state index contributed by atoms with van der Waals surface area (Å²) in [4.78, 5) is 8.10. The lowest BCUT2D eigenvalue weighted by atomic mass is 10.1. The molecule has 2 N–H and O–H groups in total. The zero-order valence-electron chi connectivity index (χ0n) is 11.8. The van der Waals surface area contributed by atoms with E-state index in [1.54, 1.807) is 0 Å². The van der Waals surface area contributed by atoms with Gasteiger partial charge in [0.2, 0.25) is 5.95 Å². The van der Waals surface area contributed by atoms with Gasteiger partial charge in [-0.2, -0.15) is 4.98 Å². The molecule has 0 spiro atoms. The number of halogens is 1. The highest BCUT2D eigenvalue weighted by molar-refractivity contribution is 5.61. The van der Waals surface area contributed by atoms with Gasteiger partial charge >= 0.3 is 0 Å². The maximum Gasteiger partial charge on any atom is 0.224 e. The Morgan fingerprint density at radius 1 is 1.20 bits per heavy atom. The van der Waals surface area contributed by atoms with Crippen molar-refractivity contribution in [2.75, 3.05) is 17.2 Å². The molecule has 1 aromatic carbocycles. The fourth-order valence-corrected chi connectivity index (χ4v) is 1.85. The highest BCUT2D eigenvalue weighted by atomic mass is 19.1. The molecule has 2 aromatic rings. The first-order valence-electron chi connectivity index (χ1n) is 6.86. The lowest BCUT2D eigenvalue weighted by molar-refractivity contribution is 0.619. The summed E-state index contributed by atoms with van der Waals surface area (Å²) in [7, 11) is 0. The van der Waals surface area contributed by atoms with E-state index in [0.717, 1.165) is 30.6 Å². The van der Waals surface area contributed by atoms with Gasteiger partial charge in [0.05, 0.1) is 6.20 Å². The van der Waals surface area contributed by atoms with Gasteiger partial charge in [-0.3, -0.25) is 0 Å². The van der Waals surface area contributed by atoms with Gasteiger partial charge in [0, 0.05) is 12.2 Å². The normalized spacial score (nSPS) is 10.3. The van der Waals surface area contributed by atoms with Crippen LogP contribution in [0, 0.1) is 5.82 Å². The van der Waals surface area contributed by atoms with Gasteiger partial charge < -0.3 is 10.6 Å². The van der Waals surface area contributed by atoms with Crippen molar-refractivity contribution in [3.05, 3.63) is 41.8 Å². The molecule has 20 heavy (non-hydrogen) atoms. The highest BCUT2D eigenvalue weighted by Crippen LogP contribution is 2.22. The smallest absolute Gasteiger partial charge is 0.224 e. The minimum Gasteiger partial charge on any atom is -0.354 e. The summed E-state index contributed by atoms with van der Waals surface area (Å²) in [6.45, 7) is 4.87. The molecule has 0 unspecified atom stereocenters. The molecule has 5 heteroatoms. The average Bonchev–Trinajstić information content (AvgIpc) is 2.48. The molecule has 0 aliphatic heterocycles. The van der Waals surface area contributed by atoms with Crippen LogP contribution in [0.4, 0.5) is 21.8 Å². The lowest BCUT2D eigenvalue weighted by Crippen LogP contribution is -2.07. The van der Waals surface area contributed by atoms with E-state index in [4.69, 9.17) is 0 Å². The first kappa shape index (κ1) is 14.2. The maximum atomic E-state index is 13.8. The van der Waals surface area contributed by atoms with Crippen LogP contribution < -0.4 is 10.6 Å². The molecule has 1 heterocycles. The molecule has 0 saturated carbocycles. The third-order valence-corrected chi connectivity index (χ3v) is 2.93. The third kappa shape index (κ3) is 3.44. The number of rotatable bonds is 6. The molecular formula is C15H19FN4. The molecule has 106 valence electrons. The monoisotopic (exact) mass is 274 g/mol. The van der Waals surface area contributed by atoms with Crippen molar-refractivity contribution >= 4 is 17.5 Å². The number of hydrogen-bond donors (Lipinski definition) is 2. The number of anilines is 3. The van der Waals surface area contributed by atoms with Crippen LogP contribution in [-0.4, -0.2) is 16.5 Å². The summed E-state index contributed by atoms with van der Waals surface area (Å²) in [5.74, 6) is 0.169. The van der Waals surface area contributed by atoms with Gasteiger partial charge in [-0.05, 0) is 24.5 Å². The average molecular weight is 274 g/mol. The second kappa shape index (κ2) is 6.84. The van der Waals surface area contributed by atoms with Crippen molar-refractivity contribution in [3.8, 4) is 0 Å². The number of para-hydroxylation sites is 1. The zero-order valence-corrected chi connectivity index (χ0v) is 11.8. The zero-order chi connectivity index (χ0) is 14.4. The molecule has 0 atom stereocenters. The summed E-state index contributed by atoms with van der Waals surface area (Å²) < 4.78 is 13.8. The van der Waals surface area contributed by atoms with E-state index in [9.17, 15) is 4.39 Å². The van der Waals surface area contributed by atoms with E-state index in [0.29, 0.717) is 5.95 Å². The van der Waals surface area contributed by atoms with Gasteiger partial charge in [-0.15, -0.1) is 0 Å². The predicted octanol–water partition coefficient (Wildman–Crippen LogP) is 3.74. The molecule has 2 rings (SSSR count). The first-order chi connectivity index (χ1) is 9.74. The first-order valence-corrected chi connectivity index (χ1v) is 6.86. The Labute approximate surface area is 118 Å². The minimum atomic E-state index is -0.460. The van der Waals surface area contributed by atoms with Crippen LogP contribution in [0.1, 0.15) is 25.8 Å². The SMILES string of the molecule is CCCNc1ncc(F)c(Nc2ccccc2CC)n1. The minimum absolute atomic E-state index is 0.194. The van der Waals surface area contributed by atoms with Gasteiger partial charge in [0.25, 0.3) is 0 Å². The molecule has 0 amide bonds. The molecule has 0 aliphatic carbocycles. The van der Waals surface area contributed by atoms with E-state index < -0.39 is 5.82 Å². The number of nitrogens with one attached hydrogen (secondary N) is 2. The van der Waals surface area contributed by atoms with Crippen LogP contribution >= 0.6 is 0 Å². The van der Waals surface area contributed by atoms with Crippen LogP contribution in [0.25, 0.3) is 0 Å². The van der Waals surface area contributed by atoms with Gasteiger partial charge in [0.1, 0.15) is 0 Å². The second-order valence-corrected chi connectivity index (χ2v) is 4.45. The number of nitrogens with zero attached hydrogens (tertiary/aromatic N) is 2. The molecule has 0 fully saturated rings. The number of benzene rings is 1. The number of aromatic nitrogens is 2. The summed E-state index contributed by atoms with van der Waals surface area (Å²) in [6.07, 6.45) is 3.01. The van der Waals surface area contributed by atoms with Crippen molar-refractivity contribution in [1.29, 1.82) is 0 Å². The molecule has 0 radical (unpaired) electrons. The lowest BCUT2D eigenvalue weighted by Gasteiger charge is -2.11. The molecule has 0 bridgehead atoms. The number of hydrogen-bond acceptors (Lipinski definition) is 4. The molecule has 0 aliphatic rings. The summed E-state index contributed by atoms with van der Waals surface area (Å²) in [5.41, 5.74) is 1.99. The van der Waals surface area contributed by atoms with Crippen molar-refractivity contribution in [1.82, 2.24) is 9.97 Å². The Morgan fingerprint density at radius 3 is 2.75 bits per heavy atom. The Hall–Kier alpha value is -2.17. The van der Waals surface area contributed by atoms with Crippen LogP contribution in [0.2, 0.25) is 0 Å². The van der Waals surface area contributed by atoms with Crippen molar-refractivity contribution < 1.29 is 4.39 Å². The van der Waals surface area contributed by atoms with E-state index in [1.165, 1.54) is 6.20 Å². The Balaban J connectivity index is 2.23. The number of aryl methyl sites for hydroxylation is 1. The topological polar surface area (TPSA) is 49.8 Å². The maximum absolute atomic E-state index is 13.8. The van der Waals surface area contributed by atoms with Crippen molar-refractivity contribution in [2.24, 2.45) is 0 Å². The van der Waals surface area contributed by atoms with Gasteiger partial charge in [-0.25, -0.2) is 9.37 Å². The Kier molecular flexibility index (Phi) is 4.87. The van der Waals surface area contributed by atoms with E-state index in [1.807, 2.05) is 31.2 Å². The van der Waals surface area contributed by atoms with Crippen LogP contribution in [-0.2, 0) is 6.42 Å². The fraction of sp³-hybridized carbons (Fsp3) is 0.333. The Morgan fingerprint density at radius 2 is 2.00 bits per heavy atom. The van der Waals surface area contributed by atoms with Crippen molar-refractivity contribution in [3.63, 3.8) is 0 Å². The van der Waals surface area contributed by atoms with Crippen LogP contribution in [0.3, 0.4) is 0 Å². The standard InChI is InChI=1S/C15H19FN4/c1-3-9-17-15-18-10-12(16)14(20-15)19-13-8-6-5-7-11(13)4-2/h5-8,10H,3-4,9H2,1-2H3,(H2,17,18,19,20). The molecular weight excluding hydrogens is 255 g/mol. The van der Waals surface area contributed by atoms with E-state index in [-0.39, 0.29) is 5.82 Å². The summed E-state index contributed by atoms with van der Waals surface area (Å²) in [5, 5.41) is 6.09. The fourth-order valence-electron chi connectivity index (χ4n) is 1.85. The predicted molar refractivity (Wildman–Crippen MR) is 79.9 cm³/mol. The Bertz CT molecular complexity index is 572. The van der Waals surface area contributed by atoms with Gasteiger partial charge in [-0.1, -0.05) is 32.0 Å². The van der Waals surface area contributed by atoms with Crippen molar-refractivity contribution in [2.45, 2.75) is 26.7 Å². The second-order valence-electron chi connectivity index (χ2n) is 4.45. The van der Waals surface area contributed by atoms with Gasteiger partial charge in [0.15, 0.2) is 11.6 Å². The molecule has 4 nitrogen and oxygen atoms in total. The molecule has 0 saturated heterocycles. The van der Waals surface area contributed by atoms with Crippen LogP contribution in [0.15, 0.2) is 30.5 Å². The van der Waals surface area contributed by atoms with Crippen LogP contribution in [0.5, 0.6) is 0 Å². The van der Waals surface area contributed by atoms with E-state index >= 15 is 0 Å². The summed E-state index contributed by atoms with van der Waals surface area (Å²) >= 11 is 0. The van der Waals surface area contributed by atoms with E-state index in [2.05, 4.69) is 27.5 Å².